The van der Waals surface area contributed by atoms with E-state index in [0.29, 0.717) is 16.3 Å². The van der Waals surface area contributed by atoms with Crippen molar-refractivity contribution in [1.29, 1.82) is 0 Å². The largest absolute Gasteiger partial charge is 0.343 e. The molecular weight excluding hydrogens is 326 g/mol. The van der Waals surface area contributed by atoms with Gasteiger partial charge in [0.25, 0.3) is 11.8 Å². The molecule has 124 valence electrons. The molecule has 0 aliphatic rings. The van der Waals surface area contributed by atoms with Crippen molar-refractivity contribution in [3.8, 4) is 0 Å². The van der Waals surface area contributed by atoms with E-state index in [4.69, 9.17) is 11.6 Å². The van der Waals surface area contributed by atoms with Crippen molar-refractivity contribution >= 4 is 29.1 Å². The third-order valence-corrected chi connectivity index (χ3v) is 3.59. The second-order valence-electron chi connectivity index (χ2n) is 5.29. The molecule has 2 amide bonds. The maximum Gasteiger partial charge on any atom is 0.259 e. The van der Waals surface area contributed by atoms with Gasteiger partial charge in [0, 0.05) is 10.6 Å². The van der Waals surface area contributed by atoms with Crippen LogP contribution in [0.1, 0.15) is 28.4 Å². The number of carbonyl (C=O) groups excluding carboxylic acids is 2. The maximum atomic E-state index is 11.9. The van der Waals surface area contributed by atoms with E-state index in [-0.39, 0.29) is 12.5 Å². The minimum atomic E-state index is -0.399. The van der Waals surface area contributed by atoms with Crippen LogP contribution < -0.4 is 10.7 Å². The average molecular weight is 344 g/mol. The average Bonchev–Trinajstić information content (AvgIpc) is 2.58. The zero-order valence-corrected chi connectivity index (χ0v) is 14.2. The fourth-order valence-corrected chi connectivity index (χ4v) is 2.03. The first-order chi connectivity index (χ1) is 11.5. The summed E-state index contributed by atoms with van der Waals surface area (Å²) in [6, 6.07) is 14.2. The van der Waals surface area contributed by atoms with Crippen LogP contribution >= 0.6 is 11.6 Å². The second kappa shape index (κ2) is 8.26. The second-order valence-corrected chi connectivity index (χ2v) is 5.72. The number of aryl methyl sites for hydroxylation is 1. The van der Waals surface area contributed by atoms with Gasteiger partial charge >= 0.3 is 0 Å². The highest BCUT2D eigenvalue weighted by Crippen LogP contribution is 2.09. The summed E-state index contributed by atoms with van der Waals surface area (Å²) in [7, 11) is 0. The molecule has 6 heteroatoms. The van der Waals surface area contributed by atoms with Crippen molar-refractivity contribution < 1.29 is 9.59 Å². The molecule has 0 fully saturated rings. The molecule has 0 atom stereocenters. The van der Waals surface area contributed by atoms with Crippen LogP contribution in [0.15, 0.2) is 53.6 Å². The number of amides is 2. The van der Waals surface area contributed by atoms with E-state index in [9.17, 15) is 9.59 Å². The number of rotatable bonds is 5. The molecule has 2 N–H and O–H groups in total. The predicted octanol–water partition coefficient (Wildman–Crippen LogP) is 2.92. The summed E-state index contributed by atoms with van der Waals surface area (Å²) in [5.41, 5.74) is 5.62. The molecule has 0 aliphatic carbocycles. The van der Waals surface area contributed by atoms with E-state index in [2.05, 4.69) is 15.8 Å². The topological polar surface area (TPSA) is 70.6 Å². The minimum Gasteiger partial charge on any atom is -0.343 e. The van der Waals surface area contributed by atoms with Crippen LogP contribution in [0.25, 0.3) is 0 Å². The van der Waals surface area contributed by atoms with Gasteiger partial charge in [0.15, 0.2) is 0 Å². The van der Waals surface area contributed by atoms with E-state index >= 15 is 0 Å². The third kappa shape index (κ3) is 5.21. The molecule has 0 aliphatic heterocycles. The molecule has 0 aromatic heterocycles. The summed E-state index contributed by atoms with van der Waals surface area (Å²) in [4.78, 5) is 23.7. The van der Waals surface area contributed by atoms with Crippen LogP contribution in [-0.2, 0) is 4.79 Å². The van der Waals surface area contributed by atoms with Crippen LogP contribution in [0, 0.1) is 6.92 Å². The van der Waals surface area contributed by atoms with Gasteiger partial charge in [0.05, 0.1) is 12.3 Å². The van der Waals surface area contributed by atoms with Crippen molar-refractivity contribution in [2.24, 2.45) is 5.10 Å². The van der Waals surface area contributed by atoms with Gasteiger partial charge in [-0.1, -0.05) is 41.4 Å². The Labute approximate surface area is 145 Å². The number of hydrogen-bond acceptors (Lipinski definition) is 3. The Kier molecular flexibility index (Phi) is 6.09. The first-order valence-corrected chi connectivity index (χ1v) is 7.77. The van der Waals surface area contributed by atoms with Gasteiger partial charge in [0.2, 0.25) is 0 Å². The summed E-state index contributed by atoms with van der Waals surface area (Å²) in [6.45, 7) is 3.64. The number of carbonyl (C=O) groups is 2. The van der Waals surface area contributed by atoms with Crippen molar-refractivity contribution in [3.63, 3.8) is 0 Å². The lowest BCUT2D eigenvalue weighted by molar-refractivity contribution is -0.120. The maximum absolute atomic E-state index is 11.9. The summed E-state index contributed by atoms with van der Waals surface area (Å²) < 4.78 is 0. The highest BCUT2D eigenvalue weighted by atomic mass is 35.5. The highest BCUT2D eigenvalue weighted by molar-refractivity contribution is 6.30. The van der Waals surface area contributed by atoms with Gasteiger partial charge in [-0.25, -0.2) is 5.43 Å². The number of nitrogens with one attached hydrogen (secondary N) is 2. The summed E-state index contributed by atoms with van der Waals surface area (Å²) in [5, 5.41) is 7.11. The SMILES string of the molecule is CC(=NNC(=O)CNC(=O)c1ccc(Cl)cc1)c1ccc(C)cc1. The van der Waals surface area contributed by atoms with Crippen LogP contribution in [0.4, 0.5) is 0 Å². The fraction of sp³-hybridized carbons (Fsp3) is 0.167. The molecule has 0 heterocycles. The number of hydrogen-bond donors (Lipinski definition) is 2. The zero-order valence-electron chi connectivity index (χ0n) is 13.5. The van der Waals surface area contributed by atoms with Gasteiger partial charge in [-0.15, -0.1) is 0 Å². The van der Waals surface area contributed by atoms with Crippen LogP contribution in [0.5, 0.6) is 0 Å². The van der Waals surface area contributed by atoms with E-state index in [1.165, 1.54) is 0 Å². The Morgan fingerprint density at radius 2 is 1.58 bits per heavy atom. The van der Waals surface area contributed by atoms with Crippen LogP contribution in [0.3, 0.4) is 0 Å². The Balaban J connectivity index is 1.84. The molecule has 2 aromatic carbocycles. The first-order valence-electron chi connectivity index (χ1n) is 7.39. The number of halogens is 1. The molecule has 0 unspecified atom stereocenters. The molecule has 0 saturated carbocycles. The number of nitrogens with zero attached hydrogens (tertiary/aromatic N) is 1. The molecule has 0 saturated heterocycles. The van der Waals surface area contributed by atoms with Gasteiger partial charge in [-0.3, -0.25) is 9.59 Å². The number of hydrazone groups is 1. The lowest BCUT2D eigenvalue weighted by Gasteiger charge is -2.06. The van der Waals surface area contributed by atoms with E-state index in [0.717, 1.165) is 11.1 Å². The smallest absolute Gasteiger partial charge is 0.259 e. The fourth-order valence-electron chi connectivity index (χ4n) is 1.91. The molecule has 0 spiro atoms. The Bertz CT molecular complexity index is 753. The van der Waals surface area contributed by atoms with Gasteiger partial charge < -0.3 is 5.32 Å². The van der Waals surface area contributed by atoms with Crippen molar-refractivity contribution in [1.82, 2.24) is 10.7 Å². The molecule has 0 bridgehead atoms. The molecule has 2 aromatic rings. The monoisotopic (exact) mass is 343 g/mol. The van der Waals surface area contributed by atoms with Gasteiger partial charge in [0.1, 0.15) is 0 Å². The Morgan fingerprint density at radius 3 is 2.21 bits per heavy atom. The van der Waals surface area contributed by atoms with Crippen LogP contribution in [0.2, 0.25) is 5.02 Å². The standard InChI is InChI=1S/C18H18ClN3O2/c1-12-3-5-14(6-4-12)13(2)21-22-17(23)11-20-18(24)15-7-9-16(19)10-8-15/h3-10H,11H2,1-2H3,(H,20,24)(H,22,23). The Hall–Kier alpha value is -2.66. The normalized spacial score (nSPS) is 11.0. The third-order valence-electron chi connectivity index (χ3n) is 3.33. The molecular formula is C18H18ClN3O2. The number of benzene rings is 2. The molecule has 24 heavy (non-hydrogen) atoms. The Morgan fingerprint density at radius 1 is 1.00 bits per heavy atom. The predicted molar refractivity (Wildman–Crippen MR) is 95.3 cm³/mol. The van der Waals surface area contributed by atoms with Crippen molar-refractivity contribution in [2.45, 2.75) is 13.8 Å². The molecule has 2 rings (SSSR count). The van der Waals surface area contributed by atoms with E-state index < -0.39 is 5.91 Å². The molecule has 0 radical (unpaired) electrons. The summed E-state index contributed by atoms with van der Waals surface area (Å²) >= 11 is 5.76. The van der Waals surface area contributed by atoms with Gasteiger partial charge in [-0.05, 0) is 43.7 Å². The zero-order chi connectivity index (χ0) is 17.5. The highest BCUT2D eigenvalue weighted by Gasteiger charge is 2.07. The van der Waals surface area contributed by atoms with E-state index in [1.807, 2.05) is 31.2 Å². The van der Waals surface area contributed by atoms with Crippen LogP contribution in [-0.4, -0.2) is 24.1 Å². The van der Waals surface area contributed by atoms with Gasteiger partial charge in [-0.2, -0.15) is 5.10 Å². The minimum absolute atomic E-state index is 0.161. The van der Waals surface area contributed by atoms with Crippen molar-refractivity contribution in [3.05, 3.63) is 70.2 Å². The summed E-state index contributed by atoms with van der Waals surface area (Å²) in [5.74, 6) is -0.746. The molecule has 5 nitrogen and oxygen atoms in total. The summed E-state index contributed by atoms with van der Waals surface area (Å²) in [6.07, 6.45) is 0. The lowest BCUT2D eigenvalue weighted by Crippen LogP contribution is -2.35. The quantitative estimate of drug-likeness (QED) is 0.647. The van der Waals surface area contributed by atoms with E-state index in [1.54, 1.807) is 31.2 Å². The first kappa shape index (κ1) is 17.7. The van der Waals surface area contributed by atoms with Crippen molar-refractivity contribution in [2.75, 3.05) is 6.54 Å². The lowest BCUT2D eigenvalue weighted by atomic mass is 10.1.